The Hall–Kier alpha value is -1.26. The zero-order chi connectivity index (χ0) is 13.8. The number of thiazole rings is 1. The Kier molecular flexibility index (Phi) is 4.66. The molecule has 2 nitrogen and oxygen atoms in total. The van der Waals surface area contributed by atoms with E-state index < -0.39 is 0 Å². The molecule has 1 aromatic heterocycles. The van der Waals surface area contributed by atoms with Gasteiger partial charge in [0.15, 0.2) is 0 Å². The lowest BCUT2D eigenvalue weighted by atomic mass is 10.1. The maximum absolute atomic E-state index is 14.0. The van der Waals surface area contributed by atoms with Crippen LogP contribution in [0.4, 0.5) is 4.39 Å². The van der Waals surface area contributed by atoms with Gasteiger partial charge in [-0.25, -0.2) is 9.37 Å². The van der Waals surface area contributed by atoms with E-state index in [0.29, 0.717) is 5.56 Å². The van der Waals surface area contributed by atoms with Crippen molar-refractivity contribution in [2.45, 2.75) is 33.7 Å². The third kappa shape index (κ3) is 3.19. The van der Waals surface area contributed by atoms with Crippen LogP contribution in [0.5, 0.6) is 0 Å². The second-order valence-corrected chi connectivity index (χ2v) is 5.59. The monoisotopic (exact) mass is 278 g/mol. The van der Waals surface area contributed by atoms with Crippen LogP contribution in [0.2, 0.25) is 0 Å². The van der Waals surface area contributed by atoms with Gasteiger partial charge < -0.3 is 5.32 Å². The molecule has 1 N–H and O–H groups in total. The molecule has 0 atom stereocenters. The average molecular weight is 278 g/mol. The molecule has 0 amide bonds. The third-order valence-electron chi connectivity index (χ3n) is 3.00. The number of nitrogens with zero attached hydrogens (tertiary/aromatic N) is 1. The van der Waals surface area contributed by atoms with Crippen molar-refractivity contribution in [2.24, 2.45) is 0 Å². The van der Waals surface area contributed by atoms with Gasteiger partial charge in [0.05, 0.1) is 5.69 Å². The summed E-state index contributed by atoms with van der Waals surface area (Å²) in [5, 5.41) is 4.08. The lowest BCUT2D eigenvalue weighted by Gasteiger charge is -2.00. The highest BCUT2D eigenvalue weighted by molar-refractivity contribution is 7.15. The molecule has 2 rings (SSSR count). The summed E-state index contributed by atoms with van der Waals surface area (Å²) in [5.41, 5.74) is 2.61. The molecule has 2 aromatic rings. The molecule has 0 aliphatic carbocycles. The normalized spacial score (nSPS) is 10.9. The summed E-state index contributed by atoms with van der Waals surface area (Å²) in [7, 11) is 0. The van der Waals surface area contributed by atoms with Crippen LogP contribution in [0.25, 0.3) is 10.6 Å². The van der Waals surface area contributed by atoms with Crippen LogP contribution in [0.3, 0.4) is 0 Å². The summed E-state index contributed by atoms with van der Waals surface area (Å²) in [5.74, 6) is -0.189. The number of halogens is 1. The largest absolute Gasteiger partial charge is 0.312 e. The predicted octanol–water partition coefficient (Wildman–Crippen LogP) is 3.93. The van der Waals surface area contributed by atoms with Gasteiger partial charge in [-0.15, -0.1) is 11.3 Å². The first-order chi connectivity index (χ1) is 9.15. The molecule has 0 fully saturated rings. The van der Waals surface area contributed by atoms with Crippen LogP contribution in [0, 0.1) is 12.7 Å². The molecule has 19 heavy (non-hydrogen) atoms. The molecule has 1 heterocycles. The number of benzene rings is 1. The van der Waals surface area contributed by atoms with E-state index in [0.717, 1.165) is 35.8 Å². The van der Waals surface area contributed by atoms with Gasteiger partial charge in [0.2, 0.25) is 0 Å². The summed E-state index contributed by atoms with van der Waals surface area (Å²) < 4.78 is 14.0. The van der Waals surface area contributed by atoms with Crippen LogP contribution < -0.4 is 5.32 Å². The van der Waals surface area contributed by atoms with Gasteiger partial charge in [0.25, 0.3) is 0 Å². The molecular formula is C15H19FN2S. The van der Waals surface area contributed by atoms with E-state index in [9.17, 15) is 4.39 Å². The molecule has 0 saturated carbocycles. The van der Waals surface area contributed by atoms with Crippen molar-refractivity contribution < 1.29 is 4.39 Å². The number of aryl methyl sites for hydroxylation is 2. The van der Waals surface area contributed by atoms with Crippen molar-refractivity contribution in [1.82, 2.24) is 10.3 Å². The molecule has 0 bridgehead atoms. The van der Waals surface area contributed by atoms with Crippen molar-refractivity contribution in [3.8, 4) is 10.6 Å². The number of hydrogen-bond donors (Lipinski definition) is 1. The van der Waals surface area contributed by atoms with Crippen molar-refractivity contribution in [2.75, 3.05) is 6.54 Å². The first kappa shape index (κ1) is 14.2. The average Bonchev–Trinajstić information content (AvgIpc) is 2.79. The summed E-state index contributed by atoms with van der Waals surface area (Å²) >= 11 is 1.58. The zero-order valence-electron chi connectivity index (χ0n) is 11.6. The standard InChI is InChI=1S/C15H19FN2S/c1-4-13-14(9-17-5-2)19-15(18-13)11-7-6-10(3)8-12(11)16/h6-8,17H,4-5,9H2,1-3H3. The number of hydrogen-bond acceptors (Lipinski definition) is 3. The highest BCUT2D eigenvalue weighted by Gasteiger charge is 2.14. The first-order valence-electron chi connectivity index (χ1n) is 6.61. The summed E-state index contributed by atoms with van der Waals surface area (Å²) in [6.07, 6.45) is 0.880. The molecule has 102 valence electrons. The van der Waals surface area contributed by atoms with Crippen LogP contribution in [-0.2, 0) is 13.0 Å². The van der Waals surface area contributed by atoms with Crippen LogP contribution >= 0.6 is 11.3 Å². The third-order valence-corrected chi connectivity index (χ3v) is 4.13. The molecule has 0 spiro atoms. The summed E-state index contributed by atoms with van der Waals surface area (Å²) in [6, 6.07) is 5.31. The Morgan fingerprint density at radius 1 is 1.32 bits per heavy atom. The minimum Gasteiger partial charge on any atom is -0.312 e. The zero-order valence-corrected chi connectivity index (χ0v) is 12.4. The van der Waals surface area contributed by atoms with Crippen LogP contribution in [0.1, 0.15) is 30.0 Å². The van der Waals surface area contributed by atoms with E-state index in [1.807, 2.05) is 19.1 Å². The minimum atomic E-state index is -0.189. The lowest BCUT2D eigenvalue weighted by Crippen LogP contribution is -2.11. The second-order valence-electron chi connectivity index (χ2n) is 4.51. The molecule has 0 radical (unpaired) electrons. The Balaban J connectivity index is 2.36. The maximum Gasteiger partial charge on any atom is 0.133 e. The quantitative estimate of drug-likeness (QED) is 0.896. The topological polar surface area (TPSA) is 24.9 Å². The van der Waals surface area contributed by atoms with Gasteiger partial charge in [0, 0.05) is 17.0 Å². The van der Waals surface area contributed by atoms with E-state index in [1.54, 1.807) is 17.4 Å². The fourth-order valence-electron chi connectivity index (χ4n) is 1.95. The number of rotatable bonds is 5. The van der Waals surface area contributed by atoms with Crippen LogP contribution in [-0.4, -0.2) is 11.5 Å². The van der Waals surface area contributed by atoms with Crippen molar-refractivity contribution in [1.29, 1.82) is 0 Å². The number of nitrogens with one attached hydrogen (secondary N) is 1. The van der Waals surface area contributed by atoms with Gasteiger partial charge in [-0.1, -0.05) is 19.9 Å². The lowest BCUT2D eigenvalue weighted by molar-refractivity contribution is 0.630. The van der Waals surface area contributed by atoms with Crippen molar-refractivity contribution >= 4 is 11.3 Å². The smallest absolute Gasteiger partial charge is 0.133 e. The molecule has 1 aromatic carbocycles. The summed E-state index contributed by atoms with van der Waals surface area (Å²) in [4.78, 5) is 5.79. The minimum absolute atomic E-state index is 0.189. The second kappa shape index (κ2) is 6.26. The fraction of sp³-hybridized carbons (Fsp3) is 0.400. The van der Waals surface area contributed by atoms with Gasteiger partial charge in [0.1, 0.15) is 10.8 Å². The van der Waals surface area contributed by atoms with Crippen LogP contribution in [0.15, 0.2) is 18.2 Å². The molecule has 0 aliphatic heterocycles. The molecule has 0 saturated heterocycles. The van der Waals surface area contributed by atoms with Crippen molar-refractivity contribution in [3.05, 3.63) is 40.2 Å². The highest BCUT2D eigenvalue weighted by atomic mass is 32.1. The SMILES string of the molecule is CCNCc1sc(-c2ccc(C)cc2F)nc1CC. The Morgan fingerprint density at radius 3 is 2.74 bits per heavy atom. The molecular weight excluding hydrogens is 259 g/mol. The fourth-order valence-corrected chi connectivity index (χ4v) is 3.09. The first-order valence-corrected chi connectivity index (χ1v) is 7.43. The number of aromatic nitrogens is 1. The molecule has 0 unspecified atom stereocenters. The van der Waals surface area contributed by atoms with Crippen molar-refractivity contribution in [3.63, 3.8) is 0 Å². The van der Waals surface area contributed by atoms with E-state index in [-0.39, 0.29) is 5.82 Å². The summed E-state index contributed by atoms with van der Waals surface area (Å²) in [6.45, 7) is 7.79. The van der Waals surface area contributed by atoms with E-state index >= 15 is 0 Å². The Bertz CT molecular complexity index is 563. The van der Waals surface area contributed by atoms with Gasteiger partial charge in [-0.2, -0.15) is 0 Å². The van der Waals surface area contributed by atoms with E-state index in [2.05, 4.69) is 24.1 Å². The van der Waals surface area contributed by atoms with Gasteiger partial charge >= 0.3 is 0 Å². The van der Waals surface area contributed by atoms with E-state index in [4.69, 9.17) is 0 Å². The highest BCUT2D eigenvalue weighted by Crippen LogP contribution is 2.30. The Morgan fingerprint density at radius 2 is 2.11 bits per heavy atom. The van der Waals surface area contributed by atoms with E-state index in [1.165, 1.54) is 4.88 Å². The van der Waals surface area contributed by atoms with Gasteiger partial charge in [-0.05, 0) is 37.6 Å². The molecule has 0 aliphatic rings. The maximum atomic E-state index is 14.0. The molecule has 4 heteroatoms. The van der Waals surface area contributed by atoms with Gasteiger partial charge in [-0.3, -0.25) is 0 Å². The predicted molar refractivity (Wildman–Crippen MR) is 79.0 cm³/mol. The Labute approximate surface area is 117 Å².